The summed E-state index contributed by atoms with van der Waals surface area (Å²) >= 11 is 8.97. The fourth-order valence-electron chi connectivity index (χ4n) is 1.75. The lowest BCUT2D eigenvalue weighted by atomic mass is 10.00. The highest BCUT2D eigenvalue weighted by molar-refractivity contribution is 9.10. The first-order valence-corrected chi connectivity index (χ1v) is 6.92. The number of alkyl halides is 3. The van der Waals surface area contributed by atoms with Gasteiger partial charge in [-0.1, -0.05) is 33.6 Å². The molecule has 0 aliphatic heterocycles. The number of carbonyl (C=O) groups is 1. The number of halogens is 5. The van der Waals surface area contributed by atoms with Gasteiger partial charge in [0.05, 0.1) is 5.56 Å². The van der Waals surface area contributed by atoms with E-state index in [0.717, 1.165) is 12.1 Å². The van der Waals surface area contributed by atoms with Gasteiger partial charge in [-0.15, -0.1) is 0 Å². The van der Waals surface area contributed by atoms with E-state index in [1.54, 1.807) is 25.1 Å². The van der Waals surface area contributed by atoms with Crippen LogP contribution in [0, 0.1) is 6.92 Å². The third kappa shape index (κ3) is 3.44. The molecule has 0 saturated carbocycles. The second kappa shape index (κ2) is 5.77. The molecule has 0 unspecified atom stereocenters. The lowest BCUT2D eigenvalue weighted by Gasteiger charge is -2.10. The number of ketones is 1. The zero-order valence-electron chi connectivity index (χ0n) is 10.6. The molecule has 1 heterocycles. The largest absolute Gasteiger partial charge is 0.433 e. The van der Waals surface area contributed by atoms with Gasteiger partial charge in [0, 0.05) is 10.0 Å². The maximum Gasteiger partial charge on any atom is 0.433 e. The van der Waals surface area contributed by atoms with Crippen molar-refractivity contribution in [3.63, 3.8) is 0 Å². The van der Waals surface area contributed by atoms with E-state index in [0.29, 0.717) is 15.6 Å². The molecule has 0 aliphatic carbocycles. The van der Waals surface area contributed by atoms with Crippen LogP contribution in [0.25, 0.3) is 0 Å². The molecule has 2 rings (SSSR count). The molecular formula is C14H8BrClF3NO. The Morgan fingerprint density at radius 2 is 1.86 bits per heavy atom. The number of carbonyl (C=O) groups excluding carboxylic acids is 1. The first kappa shape index (κ1) is 16.0. The molecule has 7 heteroatoms. The van der Waals surface area contributed by atoms with Crippen molar-refractivity contribution in [3.05, 3.63) is 62.3 Å². The number of aryl methyl sites for hydroxylation is 1. The number of hydrogen-bond acceptors (Lipinski definition) is 2. The van der Waals surface area contributed by atoms with E-state index in [1.807, 2.05) is 0 Å². The Morgan fingerprint density at radius 1 is 1.19 bits per heavy atom. The maximum absolute atomic E-state index is 12.5. The Hall–Kier alpha value is -1.40. The van der Waals surface area contributed by atoms with Crippen molar-refractivity contribution < 1.29 is 18.0 Å². The van der Waals surface area contributed by atoms with Gasteiger partial charge in [-0.05, 0) is 36.8 Å². The summed E-state index contributed by atoms with van der Waals surface area (Å²) in [4.78, 5) is 15.6. The van der Waals surface area contributed by atoms with Gasteiger partial charge in [0.1, 0.15) is 10.8 Å². The van der Waals surface area contributed by atoms with Crippen LogP contribution in [0.1, 0.15) is 27.2 Å². The highest BCUT2D eigenvalue weighted by Gasteiger charge is 2.33. The lowest BCUT2D eigenvalue weighted by molar-refractivity contribution is -0.141. The summed E-state index contributed by atoms with van der Waals surface area (Å²) in [7, 11) is 0. The summed E-state index contributed by atoms with van der Waals surface area (Å²) in [5.41, 5.74) is -0.145. The summed E-state index contributed by atoms with van der Waals surface area (Å²) in [6, 6.07) is 6.86. The minimum atomic E-state index is -4.60. The first-order valence-electron chi connectivity index (χ1n) is 5.74. The van der Waals surface area contributed by atoms with Crippen molar-refractivity contribution in [3.8, 4) is 0 Å². The summed E-state index contributed by atoms with van der Waals surface area (Å²) in [5, 5.41) is -0.464. The van der Waals surface area contributed by atoms with Crippen molar-refractivity contribution in [2.24, 2.45) is 0 Å². The van der Waals surface area contributed by atoms with Crippen LogP contribution >= 0.6 is 27.5 Å². The minimum absolute atomic E-state index is 0.0640. The molecule has 0 radical (unpaired) electrons. The Balaban J connectivity index is 2.47. The van der Waals surface area contributed by atoms with Crippen molar-refractivity contribution in [2.75, 3.05) is 0 Å². The predicted octanol–water partition coefficient (Wildman–Crippen LogP) is 5.06. The predicted molar refractivity (Wildman–Crippen MR) is 76.6 cm³/mol. The lowest BCUT2D eigenvalue weighted by Crippen LogP contribution is -2.11. The Morgan fingerprint density at radius 3 is 2.43 bits per heavy atom. The van der Waals surface area contributed by atoms with Crippen LogP contribution in [0.5, 0.6) is 0 Å². The molecule has 0 N–H and O–H groups in total. The fraction of sp³-hybridized carbons (Fsp3) is 0.143. The smallest absolute Gasteiger partial charge is 0.288 e. The van der Waals surface area contributed by atoms with E-state index < -0.39 is 22.8 Å². The third-order valence-electron chi connectivity index (χ3n) is 2.83. The standard InChI is InChI=1S/C14H8BrClF3NO/c1-7-2-3-8(15)6-10(7)12(21)9-4-5-11(14(17,18)19)20-13(9)16/h2-6H,1H3. The molecule has 0 saturated heterocycles. The van der Waals surface area contributed by atoms with Gasteiger partial charge in [-0.25, -0.2) is 4.98 Å². The molecule has 110 valence electrons. The number of aromatic nitrogens is 1. The monoisotopic (exact) mass is 377 g/mol. The average molecular weight is 379 g/mol. The number of rotatable bonds is 2. The molecular weight excluding hydrogens is 371 g/mol. The van der Waals surface area contributed by atoms with Crippen LogP contribution in [-0.4, -0.2) is 10.8 Å². The van der Waals surface area contributed by atoms with Crippen LogP contribution in [0.3, 0.4) is 0 Å². The van der Waals surface area contributed by atoms with E-state index >= 15 is 0 Å². The Labute approximate surface area is 132 Å². The van der Waals surface area contributed by atoms with Gasteiger partial charge in [-0.2, -0.15) is 13.2 Å². The quantitative estimate of drug-likeness (QED) is 0.540. The molecule has 0 spiro atoms. The van der Waals surface area contributed by atoms with Crippen LogP contribution in [0.15, 0.2) is 34.8 Å². The molecule has 0 amide bonds. The van der Waals surface area contributed by atoms with Crippen molar-refractivity contribution in [2.45, 2.75) is 13.1 Å². The zero-order valence-corrected chi connectivity index (χ0v) is 13.0. The van der Waals surface area contributed by atoms with Gasteiger partial charge in [0.15, 0.2) is 5.78 Å². The molecule has 1 aromatic heterocycles. The summed E-state index contributed by atoms with van der Waals surface area (Å²) in [6.07, 6.45) is -4.60. The van der Waals surface area contributed by atoms with Crippen LogP contribution in [-0.2, 0) is 6.18 Å². The number of nitrogens with zero attached hydrogens (tertiary/aromatic N) is 1. The number of pyridine rings is 1. The van der Waals surface area contributed by atoms with Gasteiger partial charge in [-0.3, -0.25) is 4.79 Å². The second-order valence-electron chi connectivity index (χ2n) is 4.32. The molecule has 2 nitrogen and oxygen atoms in total. The third-order valence-corrected chi connectivity index (χ3v) is 3.61. The van der Waals surface area contributed by atoms with Gasteiger partial charge in [0.2, 0.25) is 0 Å². The number of benzene rings is 1. The van der Waals surface area contributed by atoms with Crippen molar-refractivity contribution in [1.29, 1.82) is 0 Å². The van der Waals surface area contributed by atoms with Gasteiger partial charge < -0.3 is 0 Å². The molecule has 0 fully saturated rings. The summed E-state index contributed by atoms with van der Waals surface area (Å²) < 4.78 is 38.3. The van der Waals surface area contributed by atoms with Crippen LogP contribution in [0.2, 0.25) is 5.15 Å². The summed E-state index contributed by atoms with van der Waals surface area (Å²) in [6.45, 7) is 1.73. The Bertz CT molecular complexity index is 716. The van der Waals surface area contributed by atoms with E-state index in [4.69, 9.17) is 11.6 Å². The van der Waals surface area contributed by atoms with Crippen molar-refractivity contribution in [1.82, 2.24) is 4.98 Å². The maximum atomic E-state index is 12.5. The Kier molecular flexibility index (Phi) is 4.39. The molecule has 0 aliphatic rings. The second-order valence-corrected chi connectivity index (χ2v) is 5.59. The minimum Gasteiger partial charge on any atom is -0.288 e. The summed E-state index contributed by atoms with van der Waals surface area (Å²) in [5.74, 6) is -0.472. The molecule has 2 aromatic rings. The molecule has 21 heavy (non-hydrogen) atoms. The number of hydrogen-bond donors (Lipinski definition) is 0. The molecule has 1 aromatic carbocycles. The average Bonchev–Trinajstić information content (AvgIpc) is 2.39. The van der Waals surface area contributed by atoms with Crippen LogP contribution < -0.4 is 0 Å². The highest BCUT2D eigenvalue weighted by Crippen LogP contribution is 2.30. The molecule has 0 bridgehead atoms. The first-order chi connectivity index (χ1) is 9.70. The van der Waals surface area contributed by atoms with Gasteiger partial charge >= 0.3 is 6.18 Å². The van der Waals surface area contributed by atoms with Gasteiger partial charge in [0.25, 0.3) is 0 Å². The SMILES string of the molecule is Cc1ccc(Br)cc1C(=O)c1ccc(C(F)(F)F)nc1Cl. The van der Waals surface area contributed by atoms with E-state index in [1.165, 1.54) is 0 Å². The van der Waals surface area contributed by atoms with E-state index in [-0.39, 0.29) is 5.56 Å². The van der Waals surface area contributed by atoms with E-state index in [2.05, 4.69) is 20.9 Å². The fourth-order valence-corrected chi connectivity index (χ4v) is 2.35. The van der Waals surface area contributed by atoms with Crippen LogP contribution in [0.4, 0.5) is 13.2 Å². The van der Waals surface area contributed by atoms with E-state index in [9.17, 15) is 18.0 Å². The zero-order chi connectivity index (χ0) is 15.8. The normalized spacial score (nSPS) is 11.5. The highest BCUT2D eigenvalue weighted by atomic mass is 79.9. The topological polar surface area (TPSA) is 30.0 Å². The van der Waals surface area contributed by atoms with Crippen molar-refractivity contribution >= 4 is 33.3 Å². The molecule has 0 atom stereocenters.